The van der Waals surface area contributed by atoms with Gasteiger partial charge < -0.3 is 5.32 Å². The molecule has 2 atom stereocenters. The van der Waals surface area contributed by atoms with E-state index in [1.807, 2.05) is 0 Å². The molecule has 1 aliphatic rings. The van der Waals surface area contributed by atoms with E-state index in [0.29, 0.717) is 18.4 Å². The molecule has 5 heteroatoms. The van der Waals surface area contributed by atoms with Crippen LogP contribution in [-0.2, 0) is 0 Å². The summed E-state index contributed by atoms with van der Waals surface area (Å²) in [5.74, 6) is 0.948. The number of hydrogen-bond acceptors (Lipinski definition) is 3. The molecule has 1 N–H and O–H groups in total. The maximum Gasteiger partial charge on any atom is 0.324 e. The minimum atomic E-state index is -0.100. The van der Waals surface area contributed by atoms with Gasteiger partial charge in [0.15, 0.2) is 0 Å². The molecule has 88 valence electrons. The van der Waals surface area contributed by atoms with E-state index in [1.54, 1.807) is 23.4 Å². The van der Waals surface area contributed by atoms with Gasteiger partial charge in [0.25, 0.3) is 0 Å². The molecule has 1 fully saturated rings. The first kappa shape index (κ1) is 10.9. The summed E-state index contributed by atoms with van der Waals surface area (Å²) in [5, 5.41) is 2.96. The molecule has 0 aromatic carbocycles. The molecule has 0 bridgehead atoms. The zero-order valence-electron chi connectivity index (χ0n) is 9.55. The van der Waals surface area contributed by atoms with Crippen molar-refractivity contribution in [2.45, 2.75) is 26.3 Å². The monoisotopic (exact) mass is 222 g/mol. The van der Waals surface area contributed by atoms with Gasteiger partial charge in [0, 0.05) is 13.8 Å². The molecular formula is C11H18N4O. The Balaban J connectivity index is 0.00000144. The van der Waals surface area contributed by atoms with Crippen LogP contribution in [0.5, 0.6) is 0 Å². The molecule has 16 heavy (non-hydrogen) atoms. The highest BCUT2D eigenvalue weighted by Gasteiger charge is 2.33. The third kappa shape index (κ3) is 1.98. The highest BCUT2D eigenvalue weighted by Crippen LogP contribution is 2.18. The Kier molecular flexibility index (Phi) is 3.03. The maximum atomic E-state index is 11.7. The standard InChI is InChI=1S/C11H16N4O.H2/c1-3-8(2)9-7-15(11(16)14-9)10-12-5-4-6-13-10;/h4-6,8-9H,3,7H2,1-2H3,(H,14,16);1H. The highest BCUT2D eigenvalue weighted by molar-refractivity contribution is 5.92. The largest absolute Gasteiger partial charge is 0.333 e. The van der Waals surface area contributed by atoms with E-state index in [4.69, 9.17) is 0 Å². The maximum absolute atomic E-state index is 11.7. The lowest BCUT2D eigenvalue weighted by Gasteiger charge is -2.16. The Labute approximate surface area is 96.4 Å². The van der Waals surface area contributed by atoms with Crippen molar-refractivity contribution in [2.75, 3.05) is 11.4 Å². The molecule has 2 rings (SSSR count). The SMILES string of the molecule is CCC(C)C1CN(c2ncccn2)C(=O)N1.[HH]. The van der Waals surface area contributed by atoms with Crippen molar-refractivity contribution in [1.82, 2.24) is 15.3 Å². The molecular weight excluding hydrogens is 204 g/mol. The number of aromatic nitrogens is 2. The summed E-state index contributed by atoms with van der Waals surface area (Å²) >= 11 is 0. The summed E-state index contributed by atoms with van der Waals surface area (Å²) in [6.07, 6.45) is 4.34. The molecule has 5 nitrogen and oxygen atoms in total. The molecule has 0 radical (unpaired) electrons. The van der Waals surface area contributed by atoms with E-state index in [0.717, 1.165) is 6.42 Å². The van der Waals surface area contributed by atoms with Crippen LogP contribution in [0.15, 0.2) is 18.5 Å². The molecule has 0 aliphatic carbocycles. The third-order valence-corrected chi connectivity index (χ3v) is 3.06. The van der Waals surface area contributed by atoms with Crippen LogP contribution in [0.3, 0.4) is 0 Å². The van der Waals surface area contributed by atoms with Gasteiger partial charge in [-0.25, -0.2) is 14.8 Å². The molecule has 0 spiro atoms. The van der Waals surface area contributed by atoms with Crippen LogP contribution < -0.4 is 10.2 Å². The Morgan fingerprint density at radius 3 is 2.94 bits per heavy atom. The quantitative estimate of drug-likeness (QED) is 0.846. The second kappa shape index (κ2) is 4.47. The number of urea groups is 1. The van der Waals surface area contributed by atoms with E-state index in [9.17, 15) is 4.79 Å². The fourth-order valence-electron chi connectivity index (χ4n) is 1.77. The van der Waals surface area contributed by atoms with Gasteiger partial charge in [-0.2, -0.15) is 0 Å². The van der Waals surface area contributed by atoms with Gasteiger partial charge in [0.2, 0.25) is 5.95 Å². The van der Waals surface area contributed by atoms with E-state index in [2.05, 4.69) is 29.1 Å². The summed E-state index contributed by atoms with van der Waals surface area (Å²) in [4.78, 5) is 21.5. The molecule has 1 aromatic heterocycles. The van der Waals surface area contributed by atoms with Crippen LogP contribution in [0.2, 0.25) is 0 Å². The minimum Gasteiger partial charge on any atom is -0.333 e. The molecule has 2 amide bonds. The number of amides is 2. The van der Waals surface area contributed by atoms with Crippen molar-refractivity contribution >= 4 is 12.0 Å². The highest BCUT2D eigenvalue weighted by atomic mass is 16.2. The first-order chi connectivity index (χ1) is 7.72. The fourth-order valence-corrected chi connectivity index (χ4v) is 1.77. The van der Waals surface area contributed by atoms with Crippen molar-refractivity contribution in [1.29, 1.82) is 0 Å². The first-order valence-electron chi connectivity index (χ1n) is 5.57. The second-order valence-electron chi connectivity index (χ2n) is 4.10. The van der Waals surface area contributed by atoms with Gasteiger partial charge in [0.1, 0.15) is 0 Å². The number of carbonyl (C=O) groups is 1. The van der Waals surface area contributed by atoms with Crippen molar-refractivity contribution in [2.24, 2.45) is 5.92 Å². The Morgan fingerprint density at radius 1 is 1.62 bits per heavy atom. The molecule has 1 aliphatic heterocycles. The smallest absolute Gasteiger partial charge is 0.324 e. The van der Waals surface area contributed by atoms with Gasteiger partial charge in [-0.15, -0.1) is 0 Å². The van der Waals surface area contributed by atoms with Crippen molar-refractivity contribution < 1.29 is 6.22 Å². The molecule has 1 aromatic rings. The Hall–Kier alpha value is -1.65. The van der Waals surface area contributed by atoms with Gasteiger partial charge in [-0.3, -0.25) is 4.90 Å². The average Bonchev–Trinajstić information content (AvgIpc) is 2.71. The topological polar surface area (TPSA) is 58.1 Å². The zero-order chi connectivity index (χ0) is 11.5. The van der Waals surface area contributed by atoms with E-state index in [1.165, 1.54) is 0 Å². The number of rotatable bonds is 3. The van der Waals surface area contributed by atoms with Gasteiger partial charge in [0.05, 0.1) is 12.6 Å². The first-order valence-corrected chi connectivity index (χ1v) is 5.57. The van der Waals surface area contributed by atoms with E-state index < -0.39 is 0 Å². The van der Waals surface area contributed by atoms with Crippen LogP contribution >= 0.6 is 0 Å². The Morgan fingerprint density at radius 2 is 2.31 bits per heavy atom. The van der Waals surface area contributed by atoms with Crippen molar-refractivity contribution in [3.63, 3.8) is 0 Å². The fraction of sp³-hybridized carbons (Fsp3) is 0.545. The van der Waals surface area contributed by atoms with Gasteiger partial charge >= 0.3 is 6.03 Å². The summed E-state index contributed by atoms with van der Waals surface area (Å²) in [6.45, 7) is 4.91. The van der Waals surface area contributed by atoms with Gasteiger partial charge in [-0.05, 0) is 12.0 Å². The van der Waals surface area contributed by atoms with Crippen LogP contribution in [0, 0.1) is 5.92 Å². The number of anilines is 1. The normalized spacial score (nSPS) is 22.0. The molecule has 2 unspecified atom stereocenters. The lowest BCUT2D eigenvalue weighted by molar-refractivity contribution is 0.249. The number of carbonyl (C=O) groups excluding carboxylic acids is 1. The lowest BCUT2D eigenvalue weighted by Crippen LogP contribution is -2.32. The predicted molar refractivity (Wildman–Crippen MR) is 63.3 cm³/mol. The van der Waals surface area contributed by atoms with Crippen LogP contribution in [0.25, 0.3) is 0 Å². The summed E-state index contributed by atoms with van der Waals surface area (Å²) < 4.78 is 0. The molecule has 2 heterocycles. The summed E-state index contributed by atoms with van der Waals surface area (Å²) in [7, 11) is 0. The van der Waals surface area contributed by atoms with Crippen LogP contribution in [-0.4, -0.2) is 28.6 Å². The Bertz CT molecular complexity index is 373. The predicted octanol–water partition coefficient (Wildman–Crippen LogP) is 1.67. The van der Waals surface area contributed by atoms with Crippen LogP contribution in [0.4, 0.5) is 10.7 Å². The van der Waals surface area contributed by atoms with Crippen molar-refractivity contribution in [3.05, 3.63) is 18.5 Å². The zero-order valence-corrected chi connectivity index (χ0v) is 9.55. The minimum absolute atomic E-state index is 0. The average molecular weight is 222 g/mol. The molecule has 1 saturated heterocycles. The summed E-state index contributed by atoms with van der Waals surface area (Å²) in [5.41, 5.74) is 0. The number of nitrogens with zero attached hydrogens (tertiary/aromatic N) is 3. The summed E-state index contributed by atoms with van der Waals surface area (Å²) in [6, 6.07) is 1.83. The number of hydrogen-bond donors (Lipinski definition) is 1. The van der Waals surface area contributed by atoms with Crippen molar-refractivity contribution in [3.8, 4) is 0 Å². The van der Waals surface area contributed by atoms with E-state index in [-0.39, 0.29) is 13.5 Å². The molecule has 0 saturated carbocycles. The third-order valence-electron chi connectivity index (χ3n) is 3.06. The van der Waals surface area contributed by atoms with E-state index >= 15 is 0 Å². The number of nitrogens with one attached hydrogen (secondary N) is 1. The second-order valence-corrected chi connectivity index (χ2v) is 4.10. The van der Waals surface area contributed by atoms with Gasteiger partial charge in [-0.1, -0.05) is 20.3 Å². The lowest BCUT2D eigenvalue weighted by atomic mass is 10.0. The van der Waals surface area contributed by atoms with Crippen LogP contribution in [0.1, 0.15) is 21.7 Å².